The van der Waals surface area contributed by atoms with Gasteiger partial charge in [0.1, 0.15) is 11.2 Å². The number of aromatic nitrogens is 4. The van der Waals surface area contributed by atoms with Crippen LogP contribution in [-0.2, 0) is 0 Å². The van der Waals surface area contributed by atoms with Crippen molar-refractivity contribution in [3.63, 3.8) is 0 Å². The van der Waals surface area contributed by atoms with Gasteiger partial charge in [0, 0.05) is 43.9 Å². The largest absolute Gasteiger partial charge is 0.456 e. The third kappa shape index (κ3) is 3.91. The molecule has 0 aliphatic carbocycles. The van der Waals surface area contributed by atoms with Crippen molar-refractivity contribution in [2.24, 2.45) is 0 Å². The van der Waals surface area contributed by atoms with Gasteiger partial charge in [0.25, 0.3) is 0 Å². The van der Waals surface area contributed by atoms with Gasteiger partial charge >= 0.3 is 0 Å². The van der Waals surface area contributed by atoms with E-state index in [0.29, 0.717) is 17.5 Å². The summed E-state index contributed by atoms with van der Waals surface area (Å²) in [6.07, 6.45) is 0. The van der Waals surface area contributed by atoms with Crippen LogP contribution in [0.5, 0.6) is 0 Å². The lowest BCUT2D eigenvalue weighted by Crippen LogP contribution is -2.00. The summed E-state index contributed by atoms with van der Waals surface area (Å²) in [7, 11) is 0. The van der Waals surface area contributed by atoms with Crippen molar-refractivity contribution in [1.82, 2.24) is 19.5 Å². The van der Waals surface area contributed by atoms with Gasteiger partial charge in [-0.1, -0.05) is 97.1 Å². The van der Waals surface area contributed by atoms with Crippen LogP contribution < -0.4 is 0 Å². The highest BCUT2D eigenvalue weighted by molar-refractivity contribution is 6.17. The van der Waals surface area contributed by atoms with Crippen LogP contribution in [0.2, 0.25) is 0 Å². The van der Waals surface area contributed by atoms with Crippen LogP contribution in [0.4, 0.5) is 0 Å². The highest BCUT2D eigenvalue weighted by atomic mass is 16.3. The molecule has 5 nitrogen and oxygen atoms in total. The molecule has 0 saturated heterocycles. The monoisotopic (exact) mass is 564 g/mol. The van der Waals surface area contributed by atoms with Gasteiger partial charge in [-0.3, -0.25) is 0 Å². The van der Waals surface area contributed by atoms with E-state index >= 15 is 0 Å². The Balaban J connectivity index is 1.21. The molecule has 0 spiro atoms. The number of fused-ring (bicyclic) bond motifs is 6. The lowest BCUT2D eigenvalue weighted by molar-refractivity contribution is 0.669. The molecule has 0 fully saturated rings. The molecule has 0 amide bonds. The first kappa shape index (κ1) is 24.5. The standard InChI is InChI=1S/C39H24N4O/c1-3-11-25(12-4-1)37-40-38(26-13-5-2-6-14-26)42-39(41-37)27-19-21-28(22-20-27)43-33-17-9-7-15-29(33)31-24-36-32(23-34(31)43)30-16-8-10-18-35(30)44-36/h1-24H. The molecule has 9 rings (SSSR count). The van der Waals surface area contributed by atoms with Gasteiger partial charge in [0.2, 0.25) is 0 Å². The normalized spacial score (nSPS) is 11.6. The first-order valence-corrected chi connectivity index (χ1v) is 14.6. The van der Waals surface area contributed by atoms with Gasteiger partial charge in [-0.15, -0.1) is 0 Å². The number of benzene rings is 6. The van der Waals surface area contributed by atoms with Gasteiger partial charge in [-0.25, -0.2) is 15.0 Å². The zero-order valence-electron chi connectivity index (χ0n) is 23.6. The number of nitrogens with zero attached hydrogens (tertiary/aromatic N) is 4. The Kier molecular flexibility index (Phi) is 5.43. The fraction of sp³-hybridized carbons (Fsp3) is 0. The predicted molar refractivity (Wildman–Crippen MR) is 178 cm³/mol. The molecular weight excluding hydrogens is 540 g/mol. The lowest BCUT2D eigenvalue weighted by Gasteiger charge is -2.11. The van der Waals surface area contributed by atoms with Crippen LogP contribution in [0.1, 0.15) is 0 Å². The van der Waals surface area contributed by atoms with Crippen LogP contribution in [0.15, 0.2) is 150 Å². The summed E-state index contributed by atoms with van der Waals surface area (Å²) < 4.78 is 8.57. The summed E-state index contributed by atoms with van der Waals surface area (Å²) >= 11 is 0. The van der Waals surface area contributed by atoms with E-state index in [9.17, 15) is 0 Å². The highest BCUT2D eigenvalue weighted by Gasteiger charge is 2.17. The van der Waals surface area contributed by atoms with Gasteiger partial charge < -0.3 is 8.98 Å². The van der Waals surface area contributed by atoms with Gasteiger partial charge in [0.05, 0.1) is 11.0 Å². The van der Waals surface area contributed by atoms with Crippen molar-refractivity contribution >= 4 is 43.7 Å². The lowest BCUT2D eigenvalue weighted by atomic mass is 10.1. The van der Waals surface area contributed by atoms with Crippen molar-refractivity contribution in [2.75, 3.05) is 0 Å². The number of rotatable bonds is 4. The maximum Gasteiger partial charge on any atom is 0.164 e. The summed E-state index contributed by atoms with van der Waals surface area (Å²) in [5, 5.41) is 4.58. The van der Waals surface area contributed by atoms with E-state index in [1.165, 1.54) is 5.39 Å². The highest BCUT2D eigenvalue weighted by Crippen LogP contribution is 2.38. The third-order valence-corrected chi connectivity index (χ3v) is 8.25. The first-order chi connectivity index (χ1) is 21.8. The second-order valence-electron chi connectivity index (χ2n) is 10.9. The maximum absolute atomic E-state index is 6.24. The Morgan fingerprint density at radius 1 is 0.386 bits per heavy atom. The van der Waals surface area contributed by atoms with E-state index in [1.54, 1.807) is 0 Å². The minimum Gasteiger partial charge on any atom is -0.456 e. The summed E-state index contributed by atoms with van der Waals surface area (Å²) in [4.78, 5) is 14.7. The topological polar surface area (TPSA) is 56.7 Å². The molecule has 0 saturated carbocycles. The summed E-state index contributed by atoms with van der Waals surface area (Å²) in [5.41, 5.74) is 7.97. The summed E-state index contributed by atoms with van der Waals surface area (Å²) in [6.45, 7) is 0. The number of para-hydroxylation sites is 2. The number of hydrogen-bond donors (Lipinski definition) is 0. The predicted octanol–water partition coefficient (Wildman–Crippen LogP) is 9.87. The fourth-order valence-corrected chi connectivity index (χ4v) is 6.16. The van der Waals surface area contributed by atoms with E-state index < -0.39 is 0 Å². The Labute approximate surface area is 252 Å². The van der Waals surface area contributed by atoms with Crippen molar-refractivity contribution in [3.8, 4) is 39.9 Å². The van der Waals surface area contributed by atoms with E-state index in [-0.39, 0.29) is 0 Å². The number of hydrogen-bond acceptors (Lipinski definition) is 4. The molecule has 0 N–H and O–H groups in total. The van der Waals surface area contributed by atoms with Gasteiger partial charge in [0.15, 0.2) is 17.5 Å². The average molecular weight is 565 g/mol. The Hall–Kier alpha value is -6.07. The molecule has 0 aliphatic heterocycles. The van der Waals surface area contributed by atoms with Crippen LogP contribution in [-0.4, -0.2) is 19.5 Å². The van der Waals surface area contributed by atoms with Crippen LogP contribution in [0, 0.1) is 0 Å². The molecule has 0 aliphatic rings. The summed E-state index contributed by atoms with van der Waals surface area (Å²) in [6, 6.07) is 49.8. The van der Waals surface area contributed by atoms with Gasteiger partial charge in [-0.05, 0) is 48.5 Å². The van der Waals surface area contributed by atoms with Crippen molar-refractivity contribution < 1.29 is 4.42 Å². The molecule has 9 aromatic rings. The maximum atomic E-state index is 6.24. The molecule has 0 radical (unpaired) electrons. The second-order valence-corrected chi connectivity index (χ2v) is 10.9. The van der Waals surface area contributed by atoms with Crippen molar-refractivity contribution in [3.05, 3.63) is 146 Å². The molecular formula is C39H24N4O. The SMILES string of the molecule is c1ccc(-c2nc(-c3ccccc3)nc(-c3ccc(-n4c5ccccc5c5cc6oc7ccccc7c6cc54)cc3)n2)cc1. The zero-order chi connectivity index (χ0) is 29.0. The molecule has 6 aromatic carbocycles. The van der Waals surface area contributed by atoms with Crippen molar-refractivity contribution in [2.45, 2.75) is 0 Å². The van der Waals surface area contributed by atoms with Crippen molar-refractivity contribution in [1.29, 1.82) is 0 Å². The van der Waals surface area contributed by atoms with Gasteiger partial charge in [-0.2, -0.15) is 0 Å². The summed E-state index contributed by atoms with van der Waals surface area (Å²) in [5.74, 6) is 1.94. The Bertz CT molecular complexity index is 2420. The molecule has 0 bridgehead atoms. The smallest absolute Gasteiger partial charge is 0.164 e. The minimum absolute atomic E-state index is 0.637. The molecule has 206 valence electrons. The Morgan fingerprint density at radius 3 is 1.59 bits per heavy atom. The fourth-order valence-electron chi connectivity index (χ4n) is 6.16. The quantitative estimate of drug-likeness (QED) is 0.213. The molecule has 3 heterocycles. The van der Waals surface area contributed by atoms with Crippen LogP contribution >= 0.6 is 0 Å². The minimum atomic E-state index is 0.637. The first-order valence-electron chi connectivity index (χ1n) is 14.6. The van der Waals surface area contributed by atoms with E-state index in [4.69, 9.17) is 19.4 Å². The molecule has 5 heteroatoms. The van der Waals surface area contributed by atoms with E-state index in [1.807, 2.05) is 72.8 Å². The zero-order valence-corrected chi connectivity index (χ0v) is 23.6. The van der Waals surface area contributed by atoms with E-state index in [2.05, 4.69) is 77.4 Å². The van der Waals surface area contributed by atoms with Crippen LogP contribution in [0.25, 0.3) is 83.6 Å². The third-order valence-electron chi connectivity index (χ3n) is 8.25. The average Bonchev–Trinajstić information content (AvgIpc) is 3.63. The molecule has 44 heavy (non-hydrogen) atoms. The molecule has 0 unspecified atom stereocenters. The van der Waals surface area contributed by atoms with E-state index in [0.717, 1.165) is 60.7 Å². The molecule has 3 aromatic heterocycles. The second kappa shape index (κ2) is 9.75. The van der Waals surface area contributed by atoms with Crippen LogP contribution in [0.3, 0.4) is 0 Å². The number of furan rings is 1. The Morgan fingerprint density at radius 2 is 0.932 bits per heavy atom. The molecule has 0 atom stereocenters.